The van der Waals surface area contributed by atoms with E-state index in [9.17, 15) is 4.79 Å². The number of amides is 1. The van der Waals surface area contributed by atoms with Crippen molar-refractivity contribution in [3.05, 3.63) is 59.6 Å². The van der Waals surface area contributed by atoms with Crippen LogP contribution < -0.4 is 5.32 Å². The Morgan fingerprint density at radius 2 is 2.10 bits per heavy atom. The third-order valence-electron chi connectivity index (χ3n) is 2.84. The fourth-order valence-corrected chi connectivity index (χ4v) is 1.89. The number of para-hydroxylation sites is 1. The maximum absolute atomic E-state index is 12.0. The smallest absolute Gasteiger partial charge is 0.294 e. The average Bonchev–Trinajstić information content (AvgIpc) is 3.13. The van der Waals surface area contributed by atoms with Crippen molar-refractivity contribution in [1.29, 1.82) is 0 Å². The highest BCUT2D eigenvalue weighted by Gasteiger charge is 2.13. The van der Waals surface area contributed by atoms with Crippen LogP contribution in [0.3, 0.4) is 0 Å². The van der Waals surface area contributed by atoms with Crippen LogP contribution in [0.1, 0.15) is 27.8 Å². The molecule has 0 spiro atoms. The first-order valence-electron chi connectivity index (χ1n) is 6.31. The molecule has 3 rings (SSSR count). The molecule has 7 nitrogen and oxygen atoms in total. The van der Waals surface area contributed by atoms with E-state index in [1.807, 2.05) is 18.2 Å². The van der Waals surface area contributed by atoms with E-state index in [-0.39, 0.29) is 11.7 Å². The minimum atomic E-state index is -0.360. The minimum Gasteiger partial charge on any atom is -0.351 e. The summed E-state index contributed by atoms with van der Waals surface area (Å²) in [4.78, 5) is 16.1. The number of rotatable bonds is 4. The molecule has 0 atom stereocenters. The molecule has 0 aliphatic carbocycles. The second-order valence-electron chi connectivity index (χ2n) is 4.40. The van der Waals surface area contributed by atoms with E-state index < -0.39 is 0 Å². The third kappa shape index (κ3) is 2.97. The second-order valence-corrected chi connectivity index (χ2v) is 4.40. The molecule has 0 fully saturated rings. The molecule has 0 saturated carbocycles. The fourth-order valence-electron chi connectivity index (χ4n) is 1.89. The second kappa shape index (κ2) is 5.58. The summed E-state index contributed by atoms with van der Waals surface area (Å²) in [6.07, 6.45) is 1.86. The molecule has 3 aromatic rings. The van der Waals surface area contributed by atoms with E-state index in [0.29, 0.717) is 23.8 Å². The third-order valence-corrected chi connectivity index (χ3v) is 2.84. The summed E-state index contributed by atoms with van der Waals surface area (Å²) in [5.41, 5.74) is 1.53. The molecule has 21 heavy (non-hydrogen) atoms. The predicted octanol–water partition coefficient (Wildman–Crippen LogP) is 2.21. The SMILES string of the molecule is Cc1noc(Cc2ccccc2NC(=O)c2ccno2)n1. The Kier molecular flexibility index (Phi) is 3.46. The zero-order valence-electron chi connectivity index (χ0n) is 11.2. The Bertz CT molecular complexity index is 749. The summed E-state index contributed by atoms with van der Waals surface area (Å²) in [6.45, 7) is 1.75. The lowest BCUT2D eigenvalue weighted by atomic mass is 10.1. The molecule has 2 heterocycles. The largest absolute Gasteiger partial charge is 0.351 e. The summed E-state index contributed by atoms with van der Waals surface area (Å²) >= 11 is 0. The van der Waals surface area contributed by atoms with Crippen molar-refractivity contribution in [3.8, 4) is 0 Å². The Labute approximate surface area is 120 Å². The highest BCUT2D eigenvalue weighted by Crippen LogP contribution is 2.19. The van der Waals surface area contributed by atoms with Gasteiger partial charge in [-0.3, -0.25) is 4.79 Å². The van der Waals surface area contributed by atoms with Crippen molar-refractivity contribution in [2.45, 2.75) is 13.3 Å². The monoisotopic (exact) mass is 284 g/mol. The molecule has 0 unspecified atom stereocenters. The van der Waals surface area contributed by atoms with Crippen molar-refractivity contribution >= 4 is 11.6 Å². The molecule has 1 aromatic carbocycles. The van der Waals surface area contributed by atoms with Crippen LogP contribution >= 0.6 is 0 Å². The fraction of sp³-hybridized carbons (Fsp3) is 0.143. The number of hydrogen-bond acceptors (Lipinski definition) is 6. The highest BCUT2D eigenvalue weighted by atomic mass is 16.5. The Morgan fingerprint density at radius 1 is 1.24 bits per heavy atom. The van der Waals surface area contributed by atoms with E-state index in [0.717, 1.165) is 5.56 Å². The topological polar surface area (TPSA) is 94.1 Å². The van der Waals surface area contributed by atoms with E-state index in [4.69, 9.17) is 9.05 Å². The van der Waals surface area contributed by atoms with Gasteiger partial charge in [0.1, 0.15) is 0 Å². The highest BCUT2D eigenvalue weighted by molar-refractivity contribution is 6.02. The van der Waals surface area contributed by atoms with Gasteiger partial charge in [0, 0.05) is 11.8 Å². The number of nitrogens with zero attached hydrogens (tertiary/aromatic N) is 3. The Balaban J connectivity index is 1.81. The summed E-state index contributed by atoms with van der Waals surface area (Å²) in [7, 11) is 0. The van der Waals surface area contributed by atoms with Crippen LogP contribution in [0, 0.1) is 6.92 Å². The summed E-state index contributed by atoms with van der Waals surface area (Å²) in [5.74, 6) is 0.863. The molecular formula is C14H12N4O3. The van der Waals surface area contributed by atoms with E-state index in [2.05, 4.69) is 20.6 Å². The van der Waals surface area contributed by atoms with Gasteiger partial charge in [0.05, 0.1) is 12.6 Å². The number of carbonyl (C=O) groups is 1. The standard InChI is InChI=1S/C14H12N4O3/c1-9-16-13(21-18-9)8-10-4-2-3-5-11(10)17-14(19)12-6-7-15-20-12/h2-7H,8H2,1H3,(H,17,19). The van der Waals surface area contributed by atoms with Crippen LogP contribution in [-0.2, 0) is 6.42 Å². The molecule has 7 heteroatoms. The van der Waals surface area contributed by atoms with Gasteiger partial charge in [0.25, 0.3) is 5.91 Å². The quantitative estimate of drug-likeness (QED) is 0.789. The minimum absolute atomic E-state index is 0.151. The molecule has 0 saturated heterocycles. The number of anilines is 1. The number of benzene rings is 1. The van der Waals surface area contributed by atoms with Crippen molar-refractivity contribution in [2.24, 2.45) is 0 Å². The van der Waals surface area contributed by atoms with Gasteiger partial charge in [-0.25, -0.2) is 0 Å². The van der Waals surface area contributed by atoms with E-state index in [1.54, 1.807) is 13.0 Å². The Hall–Kier alpha value is -2.96. The van der Waals surface area contributed by atoms with Gasteiger partial charge in [0.15, 0.2) is 5.82 Å². The van der Waals surface area contributed by atoms with Crippen molar-refractivity contribution in [2.75, 3.05) is 5.32 Å². The summed E-state index contributed by atoms with van der Waals surface area (Å²) in [5, 5.41) is 10.0. The number of aryl methyl sites for hydroxylation is 1. The molecule has 0 bridgehead atoms. The molecule has 0 aliphatic heterocycles. The maximum Gasteiger partial charge on any atom is 0.294 e. The maximum atomic E-state index is 12.0. The van der Waals surface area contributed by atoms with Crippen molar-refractivity contribution in [3.63, 3.8) is 0 Å². The predicted molar refractivity (Wildman–Crippen MR) is 72.7 cm³/mol. The zero-order valence-corrected chi connectivity index (χ0v) is 11.2. The lowest BCUT2D eigenvalue weighted by Crippen LogP contribution is -2.12. The molecule has 1 N–H and O–H groups in total. The van der Waals surface area contributed by atoms with Gasteiger partial charge in [-0.2, -0.15) is 4.98 Å². The molecule has 106 valence electrons. The van der Waals surface area contributed by atoms with Gasteiger partial charge < -0.3 is 14.4 Å². The van der Waals surface area contributed by atoms with Gasteiger partial charge in [-0.05, 0) is 18.6 Å². The number of nitrogens with one attached hydrogen (secondary N) is 1. The summed E-state index contributed by atoms with van der Waals surface area (Å²) < 4.78 is 9.92. The lowest BCUT2D eigenvalue weighted by molar-refractivity contribution is 0.0988. The first-order chi connectivity index (χ1) is 10.2. The number of aromatic nitrogens is 3. The molecule has 0 aliphatic rings. The lowest BCUT2D eigenvalue weighted by Gasteiger charge is -2.08. The van der Waals surface area contributed by atoms with Crippen LogP contribution in [0.25, 0.3) is 0 Å². The van der Waals surface area contributed by atoms with Crippen molar-refractivity contribution in [1.82, 2.24) is 15.3 Å². The Morgan fingerprint density at radius 3 is 2.81 bits per heavy atom. The van der Waals surface area contributed by atoms with Crippen LogP contribution in [-0.4, -0.2) is 21.2 Å². The van der Waals surface area contributed by atoms with Crippen LogP contribution in [0.4, 0.5) is 5.69 Å². The van der Waals surface area contributed by atoms with E-state index in [1.165, 1.54) is 12.3 Å². The van der Waals surface area contributed by atoms with Gasteiger partial charge >= 0.3 is 0 Å². The van der Waals surface area contributed by atoms with Gasteiger partial charge in [-0.1, -0.05) is 28.5 Å². The zero-order chi connectivity index (χ0) is 14.7. The van der Waals surface area contributed by atoms with Gasteiger partial charge in [-0.15, -0.1) is 0 Å². The molecule has 1 amide bonds. The van der Waals surface area contributed by atoms with Crippen LogP contribution in [0.5, 0.6) is 0 Å². The van der Waals surface area contributed by atoms with Crippen molar-refractivity contribution < 1.29 is 13.8 Å². The number of hydrogen-bond donors (Lipinski definition) is 1. The summed E-state index contributed by atoms with van der Waals surface area (Å²) in [6, 6.07) is 8.89. The molecular weight excluding hydrogens is 272 g/mol. The molecule has 2 aromatic heterocycles. The van der Waals surface area contributed by atoms with Crippen LogP contribution in [0.2, 0.25) is 0 Å². The van der Waals surface area contributed by atoms with E-state index >= 15 is 0 Å². The normalized spacial score (nSPS) is 10.5. The number of carbonyl (C=O) groups excluding carboxylic acids is 1. The first-order valence-corrected chi connectivity index (χ1v) is 6.31. The van der Waals surface area contributed by atoms with Gasteiger partial charge in [0.2, 0.25) is 11.7 Å². The molecule has 0 radical (unpaired) electrons. The van der Waals surface area contributed by atoms with Crippen LogP contribution in [0.15, 0.2) is 45.6 Å². The first kappa shape index (κ1) is 13.0. The average molecular weight is 284 g/mol.